The van der Waals surface area contributed by atoms with Crippen LogP contribution < -0.4 is 0 Å². The minimum absolute atomic E-state index is 0.577. The Hall–Kier alpha value is -1.79. The van der Waals surface area contributed by atoms with Gasteiger partial charge in [0.05, 0.1) is 11.7 Å². The molecule has 108 valence electrons. The first-order valence-electron chi connectivity index (χ1n) is 7.28. The zero-order valence-corrected chi connectivity index (χ0v) is 12.5. The van der Waals surface area contributed by atoms with Gasteiger partial charge in [0.2, 0.25) is 0 Å². The second kappa shape index (κ2) is 5.54. The van der Waals surface area contributed by atoms with Crippen LogP contribution in [0.5, 0.6) is 0 Å². The van der Waals surface area contributed by atoms with E-state index >= 15 is 0 Å². The van der Waals surface area contributed by atoms with Crippen molar-refractivity contribution in [2.45, 2.75) is 25.3 Å². The van der Waals surface area contributed by atoms with Gasteiger partial charge in [-0.2, -0.15) is 5.10 Å². The monoisotopic (exact) mass is 299 g/mol. The van der Waals surface area contributed by atoms with Crippen molar-refractivity contribution in [3.05, 3.63) is 46.8 Å². The Kier molecular flexibility index (Phi) is 3.40. The first-order valence-corrected chi connectivity index (χ1v) is 8.16. The minimum Gasteiger partial charge on any atom is -0.298 e. The second-order valence-corrected chi connectivity index (χ2v) is 6.46. The van der Waals surface area contributed by atoms with Gasteiger partial charge >= 0.3 is 0 Å². The van der Waals surface area contributed by atoms with E-state index in [0.717, 1.165) is 25.3 Å². The van der Waals surface area contributed by atoms with Gasteiger partial charge in [-0.1, -0.05) is 0 Å². The molecule has 0 aromatic carbocycles. The van der Waals surface area contributed by atoms with E-state index in [1.54, 1.807) is 11.3 Å². The maximum atomic E-state index is 4.41. The predicted octanol–water partition coefficient (Wildman–Crippen LogP) is 2.57. The van der Waals surface area contributed by atoms with Crippen molar-refractivity contribution >= 4 is 17.0 Å². The largest absolute Gasteiger partial charge is 0.298 e. The van der Waals surface area contributed by atoms with Gasteiger partial charge < -0.3 is 0 Å². The summed E-state index contributed by atoms with van der Waals surface area (Å²) in [6.07, 6.45) is 8.06. The van der Waals surface area contributed by atoms with Gasteiger partial charge in [-0.05, 0) is 32.0 Å². The van der Waals surface area contributed by atoms with E-state index < -0.39 is 0 Å². The first-order chi connectivity index (χ1) is 10.4. The topological polar surface area (TPSA) is 46.3 Å². The molecule has 1 fully saturated rings. The van der Waals surface area contributed by atoms with Crippen LogP contribution in [-0.4, -0.2) is 37.6 Å². The molecule has 0 radical (unpaired) electrons. The SMILES string of the molecule is c1cc(C2CCN(Cc3cncs3)CC2)n2nccc2n1. The van der Waals surface area contributed by atoms with E-state index in [1.807, 2.05) is 34.7 Å². The van der Waals surface area contributed by atoms with Crippen molar-refractivity contribution in [1.29, 1.82) is 0 Å². The summed E-state index contributed by atoms with van der Waals surface area (Å²) >= 11 is 1.74. The average Bonchev–Trinajstić information content (AvgIpc) is 3.18. The smallest absolute Gasteiger partial charge is 0.155 e. The van der Waals surface area contributed by atoms with Crippen LogP contribution in [-0.2, 0) is 6.54 Å². The highest BCUT2D eigenvalue weighted by Crippen LogP contribution is 2.28. The molecule has 0 spiro atoms. The molecule has 0 saturated carbocycles. The van der Waals surface area contributed by atoms with Gasteiger partial charge in [-0.15, -0.1) is 11.3 Å². The van der Waals surface area contributed by atoms with Crippen LogP contribution in [0.25, 0.3) is 5.65 Å². The van der Waals surface area contributed by atoms with Crippen LogP contribution in [0.15, 0.2) is 36.2 Å². The molecule has 0 unspecified atom stereocenters. The van der Waals surface area contributed by atoms with E-state index in [9.17, 15) is 0 Å². The molecule has 4 rings (SSSR count). The van der Waals surface area contributed by atoms with Crippen molar-refractivity contribution in [2.24, 2.45) is 0 Å². The van der Waals surface area contributed by atoms with E-state index in [1.165, 1.54) is 23.4 Å². The average molecular weight is 299 g/mol. The molecule has 5 nitrogen and oxygen atoms in total. The number of rotatable bonds is 3. The van der Waals surface area contributed by atoms with E-state index in [2.05, 4.69) is 26.0 Å². The third kappa shape index (κ3) is 2.56. The molecule has 0 aliphatic carbocycles. The third-order valence-electron chi connectivity index (χ3n) is 4.19. The number of hydrogen-bond donors (Lipinski definition) is 0. The minimum atomic E-state index is 0.577. The predicted molar refractivity (Wildman–Crippen MR) is 82.4 cm³/mol. The number of piperidine rings is 1. The molecule has 3 aromatic heterocycles. The molecule has 3 aromatic rings. The van der Waals surface area contributed by atoms with Crippen LogP contribution >= 0.6 is 11.3 Å². The lowest BCUT2D eigenvalue weighted by Crippen LogP contribution is -2.32. The molecule has 6 heteroatoms. The summed E-state index contributed by atoms with van der Waals surface area (Å²) in [6.45, 7) is 3.30. The van der Waals surface area contributed by atoms with Gasteiger partial charge in [0.15, 0.2) is 5.65 Å². The van der Waals surface area contributed by atoms with Crippen molar-refractivity contribution in [1.82, 2.24) is 24.5 Å². The summed E-state index contributed by atoms with van der Waals surface area (Å²) in [5, 5.41) is 4.41. The number of thiazole rings is 1. The summed E-state index contributed by atoms with van der Waals surface area (Å²) in [5.41, 5.74) is 4.15. The standard InChI is InChI=1S/C15H17N5S/c1-5-17-15-2-6-18-20(15)14(1)12-3-7-19(8-4-12)10-13-9-16-11-21-13/h1-2,5-6,9,11-12H,3-4,7-8,10H2. The van der Waals surface area contributed by atoms with E-state index in [-0.39, 0.29) is 0 Å². The van der Waals surface area contributed by atoms with Gasteiger partial charge in [-0.25, -0.2) is 9.50 Å². The van der Waals surface area contributed by atoms with E-state index in [4.69, 9.17) is 0 Å². The fraction of sp³-hybridized carbons (Fsp3) is 0.400. The number of fused-ring (bicyclic) bond motifs is 1. The van der Waals surface area contributed by atoms with Crippen LogP contribution in [0.2, 0.25) is 0 Å². The quantitative estimate of drug-likeness (QED) is 0.746. The lowest BCUT2D eigenvalue weighted by atomic mass is 9.93. The Morgan fingerprint density at radius 2 is 2.10 bits per heavy atom. The van der Waals surface area contributed by atoms with Gasteiger partial charge in [-0.3, -0.25) is 9.88 Å². The molecular formula is C15H17N5S. The number of nitrogens with zero attached hydrogens (tertiary/aromatic N) is 5. The van der Waals surface area contributed by atoms with Gasteiger partial charge in [0, 0.05) is 41.5 Å². The highest BCUT2D eigenvalue weighted by molar-refractivity contribution is 7.09. The highest BCUT2D eigenvalue weighted by atomic mass is 32.1. The van der Waals surface area contributed by atoms with Crippen molar-refractivity contribution in [3.63, 3.8) is 0 Å². The molecule has 0 bridgehead atoms. The Labute approximate surface area is 127 Å². The Morgan fingerprint density at radius 1 is 1.19 bits per heavy atom. The van der Waals surface area contributed by atoms with Crippen molar-refractivity contribution < 1.29 is 0 Å². The number of hydrogen-bond acceptors (Lipinski definition) is 5. The van der Waals surface area contributed by atoms with Gasteiger partial charge in [0.25, 0.3) is 0 Å². The second-order valence-electron chi connectivity index (χ2n) is 5.49. The highest BCUT2D eigenvalue weighted by Gasteiger charge is 2.23. The Morgan fingerprint density at radius 3 is 2.90 bits per heavy atom. The molecule has 1 aliphatic rings. The number of likely N-dealkylation sites (tertiary alicyclic amines) is 1. The van der Waals surface area contributed by atoms with E-state index in [0.29, 0.717) is 5.92 Å². The Bertz CT molecular complexity index is 713. The lowest BCUT2D eigenvalue weighted by Gasteiger charge is -2.31. The first kappa shape index (κ1) is 12.9. The molecular weight excluding hydrogens is 282 g/mol. The fourth-order valence-corrected chi connectivity index (χ4v) is 3.73. The molecule has 4 heterocycles. The molecule has 21 heavy (non-hydrogen) atoms. The van der Waals surface area contributed by atoms with Crippen LogP contribution in [0.4, 0.5) is 0 Å². The molecule has 1 aliphatic heterocycles. The zero-order valence-electron chi connectivity index (χ0n) is 11.7. The van der Waals surface area contributed by atoms with Crippen LogP contribution in [0.3, 0.4) is 0 Å². The molecule has 0 N–H and O–H groups in total. The van der Waals surface area contributed by atoms with Gasteiger partial charge in [0.1, 0.15) is 0 Å². The summed E-state index contributed by atoms with van der Waals surface area (Å²) in [4.78, 5) is 12.4. The zero-order chi connectivity index (χ0) is 14.1. The number of aromatic nitrogens is 4. The van der Waals surface area contributed by atoms with Crippen LogP contribution in [0.1, 0.15) is 29.3 Å². The maximum absolute atomic E-state index is 4.41. The summed E-state index contributed by atoms with van der Waals surface area (Å²) < 4.78 is 1.99. The van der Waals surface area contributed by atoms with Crippen molar-refractivity contribution in [3.8, 4) is 0 Å². The molecule has 0 atom stereocenters. The third-order valence-corrected chi connectivity index (χ3v) is 4.95. The summed E-state index contributed by atoms with van der Waals surface area (Å²) in [6, 6.07) is 4.08. The Balaban J connectivity index is 1.46. The molecule has 0 amide bonds. The normalized spacial score (nSPS) is 17.5. The molecule has 1 saturated heterocycles. The maximum Gasteiger partial charge on any atom is 0.155 e. The van der Waals surface area contributed by atoms with Crippen molar-refractivity contribution in [2.75, 3.05) is 13.1 Å². The summed E-state index contributed by atoms with van der Waals surface area (Å²) in [7, 11) is 0. The summed E-state index contributed by atoms with van der Waals surface area (Å²) in [5.74, 6) is 0.577. The fourth-order valence-electron chi connectivity index (χ4n) is 3.09. The van der Waals surface area contributed by atoms with Crippen LogP contribution in [0, 0.1) is 0 Å². The lowest BCUT2D eigenvalue weighted by molar-refractivity contribution is 0.204.